The average molecular weight is 156 g/mol. The fourth-order valence-corrected chi connectivity index (χ4v) is 0.397. The lowest BCUT2D eigenvalue weighted by molar-refractivity contribution is -0.132. The van der Waals surface area contributed by atoms with Gasteiger partial charge in [0.05, 0.1) is 0 Å². The SMILES string of the molecule is CC(C)(C)C(=O)/C=C\C(=O)O. The maximum Gasteiger partial charge on any atom is 0.328 e. The van der Waals surface area contributed by atoms with Gasteiger partial charge in [0.1, 0.15) is 0 Å². The molecule has 3 nitrogen and oxygen atoms in total. The molecule has 0 aromatic rings. The van der Waals surface area contributed by atoms with E-state index in [2.05, 4.69) is 0 Å². The van der Waals surface area contributed by atoms with Crippen molar-refractivity contribution in [3.8, 4) is 0 Å². The van der Waals surface area contributed by atoms with E-state index in [1.54, 1.807) is 20.8 Å². The first kappa shape index (κ1) is 9.88. The van der Waals surface area contributed by atoms with E-state index in [-0.39, 0.29) is 5.78 Å². The van der Waals surface area contributed by atoms with Crippen molar-refractivity contribution in [2.45, 2.75) is 20.8 Å². The van der Waals surface area contributed by atoms with Crippen molar-refractivity contribution in [1.82, 2.24) is 0 Å². The minimum Gasteiger partial charge on any atom is -0.478 e. The summed E-state index contributed by atoms with van der Waals surface area (Å²) >= 11 is 0. The van der Waals surface area contributed by atoms with Gasteiger partial charge in [-0.3, -0.25) is 4.79 Å². The Labute approximate surface area is 65.7 Å². The minimum atomic E-state index is -1.09. The number of carboxylic acid groups (broad SMARTS) is 1. The smallest absolute Gasteiger partial charge is 0.328 e. The number of rotatable bonds is 2. The Hall–Kier alpha value is -1.12. The molecule has 0 rings (SSSR count). The van der Waals surface area contributed by atoms with E-state index >= 15 is 0 Å². The van der Waals surface area contributed by atoms with Gasteiger partial charge in [-0.25, -0.2) is 4.79 Å². The maximum atomic E-state index is 11.0. The highest BCUT2D eigenvalue weighted by Gasteiger charge is 2.17. The van der Waals surface area contributed by atoms with Crippen molar-refractivity contribution in [3.05, 3.63) is 12.2 Å². The summed E-state index contributed by atoms with van der Waals surface area (Å²) in [7, 11) is 0. The van der Waals surface area contributed by atoms with Crippen LogP contribution in [0.2, 0.25) is 0 Å². The zero-order chi connectivity index (χ0) is 9.07. The van der Waals surface area contributed by atoms with E-state index in [0.29, 0.717) is 0 Å². The molecular weight excluding hydrogens is 144 g/mol. The molecule has 0 unspecified atom stereocenters. The average Bonchev–Trinajstić information content (AvgIpc) is 1.80. The lowest BCUT2D eigenvalue weighted by Gasteiger charge is -2.12. The maximum absolute atomic E-state index is 11.0. The molecular formula is C8H12O3. The van der Waals surface area contributed by atoms with Crippen molar-refractivity contribution in [3.63, 3.8) is 0 Å². The van der Waals surface area contributed by atoms with Gasteiger partial charge in [-0.1, -0.05) is 20.8 Å². The number of hydrogen-bond donors (Lipinski definition) is 1. The summed E-state index contributed by atoms with van der Waals surface area (Å²) in [5.74, 6) is -1.28. The third-order valence-corrected chi connectivity index (χ3v) is 1.12. The van der Waals surface area contributed by atoms with Crippen LogP contribution in [0.15, 0.2) is 12.2 Å². The van der Waals surface area contributed by atoms with Crippen LogP contribution >= 0.6 is 0 Å². The third-order valence-electron chi connectivity index (χ3n) is 1.12. The van der Waals surface area contributed by atoms with Crippen molar-refractivity contribution >= 4 is 11.8 Å². The van der Waals surface area contributed by atoms with Crippen molar-refractivity contribution in [1.29, 1.82) is 0 Å². The van der Waals surface area contributed by atoms with Gasteiger partial charge in [0, 0.05) is 11.5 Å². The number of ketones is 1. The molecule has 1 N–H and O–H groups in total. The van der Waals surface area contributed by atoms with Crippen LogP contribution in [0, 0.1) is 5.41 Å². The van der Waals surface area contributed by atoms with E-state index in [0.717, 1.165) is 12.2 Å². The molecule has 0 aliphatic heterocycles. The van der Waals surface area contributed by atoms with Crippen LogP contribution in [-0.4, -0.2) is 16.9 Å². The molecule has 0 aliphatic rings. The van der Waals surface area contributed by atoms with Crippen LogP contribution in [0.3, 0.4) is 0 Å². The van der Waals surface area contributed by atoms with Crippen LogP contribution in [0.4, 0.5) is 0 Å². The van der Waals surface area contributed by atoms with Crippen LogP contribution < -0.4 is 0 Å². The Balaban J connectivity index is 4.20. The molecule has 0 amide bonds. The van der Waals surface area contributed by atoms with Crippen molar-refractivity contribution in [2.24, 2.45) is 5.41 Å². The Bertz CT molecular complexity index is 196. The van der Waals surface area contributed by atoms with E-state index in [1.165, 1.54) is 0 Å². The second kappa shape index (κ2) is 3.32. The summed E-state index contributed by atoms with van der Waals surface area (Å²) in [5, 5.41) is 8.19. The molecule has 0 aromatic heterocycles. The first-order valence-electron chi connectivity index (χ1n) is 3.29. The summed E-state index contributed by atoms with van der Waals surface area (Å²) in [5.41, 5.74) is -0.494. The molecule has 0 heterocycles. The predicted molar refractivity (Wildman–Crippen MR) is 41.2 cm³/mol. The molecule has 0 atom stereocenters. The van der Waals surface area contributed by atoms with Crippen LogP contribution in [-0.2, 0) is 9.59 Å². The van der Waals surface area contributed by atoms with Crippen LogP contribution in [0.25, 0.3) is 0 Å². The summed E-state index contributed by atoms with van der Waals surface area (Å²) in [6, 6.07) is 0. The van der Waals surface area contributed by atoms with Gasteiger partial charge in [-0.05, 0) is 6.08 Å². The molecule has 0 radical (unpaired) electrons. The minimum absolute atomic E-state index is 0.181. The number of carbonyl (C=O) groups excluding carboxylic acids is 1. The largest absolute Gasteiger partial charge is 0.478 e. The van der Waals surface area contributed by atoms with Gasteiger partial charge >= 0.3 is 5.97 Å². The van der Waals surface area contributed by atoms with E-state index < -0.39 is 11.4 Å². The Kier molecular flexibility index (Phi) is 2.99. The number of hydrogen-bond acceptors (Lipinski definition) is 2. The normalized spacial score (nSPS) is 11.9. The molecule has 0 saturated carbocycles. The van der Waals surface area contributed by atoms with Gasteiger partial charge in [-0.2, -0.15) is 0 Å². The topological polar surface area (TPSA) is 54.4 Å². The summed E-state index contributed by atoms with van der Waals surface area (Å²) in [6.45, 7) is 5.21. The first-order valence-corrected chi connectivity index (χ1v) is 3.29. The monoisotopic (exact) mass is 156 g/mol. The molecule has 3 heteroatoms. The highest BCUT2D eigenvalue weighted by atomic mass is 16.4. The molecule has 0 aliphatic carbocycles. The highest BCUT2D eigenvalue weighted by Crippen LogP contribution is 2.14. The number of aliphatic carboxylic acids is 1. The summed E-state index contributed by atoms with van der Waals surface area (Å²) in [6.07, 6.45) is 1.94. The number of allylic oxidation sites excluding steroid dienone is 1. The lowest BCUT2D eigenvalue weighted by atomic mass is 9.91. The number of carbonyl (C=O) groups is 2. The zero-order valence-electron chi connectivity index (χ0n) is 6.92. The van der Waals surface area contributed by atoms with E-state index in [4.69, 9.17) is 5.11 Å². The predicted octanol–water partition coefficient (Wildman–Crippen LogP) is 1.24. The Morgan fingerprint density at radius 3 is 1.91 bits per heavy atom. The molecule has 0 fully saturated rings. The number of carboxylic acids is 1. The van der Waals surface area contributed by atoms with Crippen molar-refractivity contribution in [2.75, 3.05) is 0 Å². The fraction of sp³-hybridized carbons (Fsp3) is 0.500. The van der Waals surface area contributed by atoms with Gasteiger partial charge in [-0.15, -0.1) is 0 Å². The van der Waals surface area contributed by atoms with E-state index in [1.807, 2.05) is 0 Å². The Morgan fingerprint density at radius 1 is 1.18 bits per heavy atom. The standard InChI is InChI=1S/C8H12O3/c1-8(2,3)6(9)4-5-7(10)11/h4-5H,1-3H3,(H,10,11)/b5-4-. The fourth-order valence-electron chi connectivity index (χ4n) is 0.397. The molecule has 0 bridgehead atoms. The van der Waals surface area contributed by atoms with Gasteiger partial charge in [0.2, 0.25) is 0 Å². The molecule has 0 saturated heterocycles. The molecule has 11 heavy (non-hydrogen) atoms. The molecule has 0 spiro atoms. The van der Waals surface area contributed by atoms with E-state index in [9.17, 15) is 9.59 Å². The van der Waals surface area contributed by atoms with Crippen LogP contribution in [0.5, 0.6) is 0 Å². The van der Waals surface area contributed by atoms with Gasteiger partial charge in [0.15, 0.2) is 5.78 Å². The summed E-state index contributed by atoms with van der Waals surface area (Å²) < 4.78 is 0. The second-order valence-electron chi connectivity index (χ2n) is 3.29. The Morgan fingerprint density at radius 2 is 1.64 bits per heavy atom. The first-order chi connectivity index (χ1) is 4.84. The van der Waals surface area contributed by atoms with Crippen molar-refractivity contribution < 1.29 is 14.7 Å². The second-order valence-corrected chi connectivity index (χ2v) is 3.29. The molecule has 0 aromatic carbocycles. The highest BCUT2D eigenvalue weighted by molar-refractivity contribution is 5.98. The third kappa shape index (κ3) is 4.31. The zero-order valence-corrected chi connectivity index (χ0v) is 6.92. The lowest BCUT2D eigenvalue weighted by Crippen LogP contribution is -2.17. The van der Waals surface area contributed by atoms with Crippen LogP contribution in [0.1, 0.15) is 20.8 Å². The quantitative estimate of drug-likeness (QED) is 0.612. The molecule has 62 valence electrons. The van der Waals surface area contributed by atoms with Gasteiger partial charge in [0.25, 0.3) is 0 Å². The van der Waals surface area contributed by atoms with Gasteiger partial charge < -0.3 is 5.11 Å². The summed E-state index contributed by atoms with van der Waals surface area (Å²) in [4.78, 5) is 21.0.